The maximum atomic E-state index is 12.1. The number of amides is 1. The first-order valence-corrected chi connectivity index (χ1v) is 8.35. The number of carbonyl (C=O) groups is 1. The third-order valence-corrected chi connectivity index (χ3v) is 4.16. The first-order chi connectivity index (χ1) is 10.7. The maximum absolute atomic E-state index is 12.1. The highest BCUT2D eigenvalue weighted by Gasteiger charge is 2.57. The van der Waals surface area contributed by atoms with Crippen LogP contribution in [0.2, 0.25) is 0 Å². The van der Waals surface area contributed by atoms with Crippen LogP contribution in [0.5, 0.6) is 0 Å². The van der Waals surface area contributed by atoms with Gasteiger partial charge in [0.2, 0.25) is 0 Å². The minimum Gasteiger partial charge on any atom is -0.444 e. The zero-order valence-corrected chi connectivity index (χ0v) is 14.9. The van der Waals surface area contributed by atoms with Crippen LogP contribution in [0.15, 0.2) is 30.3 Å². The Bertz CT molecular complexity index is 521. The molecular weight excluding hydrogens is 290 g/mol. The third kappa shape index (κ3) is 5.24. The largest absolute Gasteiger partial charge is 0.444 e. The second kappa shape index (κ2) is 6.91. The fourth-order valence-corrected chi connectivity index (χ4v) is 2.99. The molecule has 0 aromatic heterocycles. The van der Waals surface area contributed by atoms with Gasteiger partial charge in [-0.2, -0.15) is 0 Å². The second-order valence-corrected chi connectivity index (χ2v) is 7.82. The van der Waals surface area contributed by atoms with Crippen LogP contribution in [0.4, 0.5) is 4.79 Å². The zero-order chi connectivity index (χ0) is 17.1. The maximum Gasteiger partial charge on any atom is 0.408 e. The highest BCUT2D eigenvalue weighted by Crippen LogP contribution is 2.48. The lowest BCUT2D eigenvalue weighted by Gasteiger charge is -2.25. The summed E-state index contributed by atoms with van der Waals surface area (Å²) in [6, 6.07) is 10.1. The topological polar surface area (TPSA) is 47.6 Å². The molecule has 0 radical (unpaired) electrons. The fourth-order valence-electron chi connectivity index (χ4n) is 2.99. The smallest absolute Gasteiger partial charge is 0.408 e. The lowest BCUT2D eigenvalue weighted by molar-refractivity contribution is 0.0379. The molecule has 1 saturated carbocycles. The van der Waals surface area contributed by atoms with Gasteiger partial charge < -0.3 is 14.8 Å². The quantitative estimate of drug-likeness (QED) is 0.857. The van der Waals surface area contributed by atoms with E-state index in [9.17, 15) is 4.79 Å². The summed E-state index contributed by atoms with van der Waals surface area (Å²) in [5, 5.41) is 3.06. The van der Waals surface area contributed by atoms with E-state index in [0.717, 1.165) is 12.0 Å². The molecule has 1 aromatic carbocycles. The van der Waals surface area contributed by atoms with Gasteiger partial charge in [-0.3, -0.25) is 0 Å². The van der Waals surface area contributed by atoms with E-state index in [1.807, 2.05) is 51.1 Å². The summed E-state index contributed by atoms with van der Waals surface area (Å²) in [7, 11) is 0. The monoisotopic (exact) mass is 319 g/mol. The van der Waals surface area contributed by atoms with Crippen molar-refractivity contribution in [2.75, 3.05) is 6.61 Å². The molecule has 2 rings (SSSR count). The molecule has 1 N–H and O–H groups in total. The van der Waals surface area contributed by atoms with Crippen LogP contribution in [0.3, 0.4) is 0 Å². The molecule has 1 aromatic rings. The molecule has 0 spiro atoms. The molecule has 128 valence electrons. The van der Waals surface area contributed by atoms with E-state index in [1.165, 1.54) is 0 Å². The van der Waals surface area contributed by atoms with E-state index in [-0.39, 0.29) is 11.6 Å². The van der Waals surface area contributed by atoms with Gasteiger partial charge in [0.05, 0.1) is 18.8 Å². The standard InChI is InChI=1S/C19H29NO3/c1-14(2)16-11-19(16,20-17(21)23-18(3,4)5)13-22-12-15-9-7-6-8-10-15/h6-10,14,16H,11-13H2,1-5H3,(H,20,21). The number of hydrogen-bond donors (Lipinski definition) is 1. The van der Waals surface area contributed by atoms with Crippen LogP contribution < -0.4 is 5.32 Å². The molecule has 2 atom stereocenters. The number of ether oxygens (including phenoxy) is 2. The van der Waals surface area contributed by atoms with Gasteiger partial charge >= 0.3 is 6.09 Å². The highest BCUT2D eigenvalue weighted by molar-refractivity contribution is 5.69. The van der Waals surface area contributed by atoms with Crippen molar-refractivity contribution < 1.29 is 14.3 Å². The summed E-state index contributed by atoms with van der Waals surface area (Å²) in [4.78, 5) is 12.1. The summed E-state index contributed by atoms with van der Waals surface area (Å²) in [6.07, 6.45) is 0.586. The summed E-state index contributed by atoms with van der Waals surface area (Å²) in [5.74, 6) is 0.941. The molecule has 1 aliphatic carbocycles. The van der Waals surface area contributed by atoms with Crippen LogP contribution >= 0.6 is 0 Å². The van der Waals surface area contributed by atoms with Crippen LogP contribution in [-0.4, -0.2) is 23.8 Å². The van der Waals surface area contributed by atoms with E-state index in [0.29, 0.717) is 25.0 Å². The molecule has 2 unspecified atom stereocenters. The number of hydrogen-bond acceptors (Lipinski definition) is 3. The number of alkyl carbamates (subject to hydrolysis) is 1. The molecule has 0 heterocycles. The summed E-state index contributed by atoms with van der Waals surface area (Å²) in [5.41, 5.74) is 0.366. The van der Waals surface area contributed by atoms with Crippen molar-refractivity contribution in [1.82, 2.24) is 5.32 Å². The highest BCUT2D eigenvalue weighted by atomic mass is 16.6. The molecule has 0 bridgehead atoms. The fraction of sp³-hybridized carbons (Fsp3) is 0.632. The van der Waals surface area contributed by atoms with E-state index in [4.69, 9.17) is 9.47 Å². The predicted octanol–water partition coefficient (Wildman–Crippen LogP) is 4.14. The van der Waals surface area contributed by atoms with Crippen molar-refractivity contribution in [2.24, 2.45) is 11.8 Å². The summed E-state index contributed by atoms with van der Waals surface area (Å²) in [6.45, 7) is 11.1. The number of benzene rings is 1. The van der Waals surface area contributed by atoms with Gasteiger partial charge in [-0.25, -0.2) is 4.79 Å². The molecule has 1 aliphatic rings. The predicted molar refractivity (Wildman–Crippen MR) is 91.1 cm³/mol. The van der Waals surface area contributed by atoms with Gasteiger partial charge in [0.15, 0.2) is 0 Å². The van der Waals surface area contributed by atoms with Gasteiger partial charge in [-0.05, 0) is 44.6 Å². The van der Waals surface area contributed by atoms with Gasteiger partial charge in [-0.1, -0.05) is 44.2 Å². The molecule has 1 fully saturated rings. The van der Waals surface area contributed by atoms with E-state index in [2.05, 4.69) is 19.2 Å². The van der Waals surface area contributed by atoms with Crippen molar-refractivity contribution in [3.63, 3.8) is 0 Å². The zero-order valence-electron chi connectivity index (χ0n) is 14.9. The first kappa shape index (κ1) is 17.8. The molecule has 23 heavy (non-hydrogen) atoms. The van der Waals surface area contributed by atoms with Gasteiger partial charge in [0, 0.05) is 0 Å². The molecule has 4 nitrogen and oxygen atoms in total. The Morgan fingerprint density at radius 2 is 1.96 bits per heavy atom. The van der Waals surface area contributed by atoms with E-state index in [1.54, 1.807) is 0 Å². The average Bonchev–Trinajstić information content (AvgIpc) is 3.12. The van der Waals surface area contributed by atoms with E-state index >= 15 is 0 Å². The molecule has 1 amide bonds. The summed E-state index contributed by atoms with van der Waals surface area (Å²) >= 11 is 0. The number of nitrogens with one attached hydrogen (secondary N) is 1. The number of rotatable bonds is 6. The third-order valence-electron chi connectivity index (χ3n) is 4.16. The van der Waals surface area contributed by atoms with Gasteiger partial charge in [0.25, 0.3) is 0 Å². The van der Waals surface area contributed by atoms with Gasteiger partial charge in [-0.15, -0.1) is 0 Å². The molecular formula is C19H29NO3. The summed E-state index contributed by atoms with van der Waals surface area (Å²) < 4.78 is 11.3. The second-order valence-electron chi connectivity index (χ2n) is 7.82. The lowest BCUT2D eigenvalue weighted by Crippen LogP contribution is -2.45. The normalized spacial score (nSPS) is 23.7. The minimum absolute atomic E-state index is 0.286. The van der Waals surface area contributed by atoms with Crippen molar-refractivity contribution in [2.45, 2.75) is 58.8 Å². The average molecular weight is 319 g/mol. The Hall–Kier alpha value is -1.55. The van der Waals surface area contributed by atoms with Crippen molar-refractivity contribution in [3.8, 4) is 0 Å². The Kier molecular flexibility index (Phi) is 5.35. The minimum atomic E-state index is -0.488. The first-order valence-electron chi connectivity index (χ1n) is 8.35. The van der Waals surface area contributed by atoms with E-state index < -0.39 is 5.60 Å². The van der Waals surface area contributed by atoms with Crippen LogP contribution in [-0.2, 0) is 16.1 Å². The van der Waals surface area contributed by atoms with Crippen molar-refractivity contribution in [3.05, 3.63) is 35.9 Å². The Morgan fingerprint density at radius 1 is 1.30 bits per heavy atom. The number of carbonyl (C=O) groups excluding carboxylic acids is 1. The van der Waals surface area contributed by atoms with Crippen LogP contribution in [0.25, 0.3) is 0 Å². The van der Waals surface area contributed by atoms with Crippen LogP contribution in [0, 0.1) is 11.8 Å². The van der Waals surface area contributed by atoms with Gasteiger partial charge in [0.1, 0.15) is 5.60 Å². The molecule has 0 aliphatic heterocycles. The van der Waals surface area contributed by atoms with Crippen LogP contribution in [0.1, 0.15) is 46.6 Å². The Morgan fingerprint density at radius 3 is 2.48 bits per heavy atom. The molecule has 4 heteroatoms. The van der Waals surface area contributed by atoms with Crippen molar-refractivity contribution >= 4 is 6.09 Å². The Balaban J connectivity index is 1.91. The SMILES string of the molecule is CC(C)C1CC1(COCc1ccccc1)NC(=O)OC(C)(C)C. The lowest BCUT2D eigenvalue weighted by atomic mass is 10.0. The van der Waals surface area contributed by atoms with Crippen molar-refractivity contribution in [1.29, 1.82) is 0 Å². The Labute approximate surface area is 139 Å². The molecule has 0 saturated heterocycles.